The van der Waals surface area contributed by atoms with Crippen LogP contribution < -0.4 is 5.11 Å². The fraction of sp³-hybridized carbons (Fsp3) is 0.857. The molecule has 0 aromatic rings. The van der Waals surface area contributed by atoms with E-state index in [9.17, 15) is 9.90 Å². The summed E-state index contributed by atoms with van der Waals surface area (Å²) >= 11 is 1.42. The van der Waals surface area contributed by atoms with Crippen molar-refractivity contribution in [2.75, 3.05) is 18.8 Å². The highest BCUT2D eigenvalue weighted by atomic mass is 32.2. The van der Waals surface area contributed by atoms with Crippen LogP contribution in [0.2, 0.25) is 0 Å². The lowest BCUT2D eigenvalue weighted by Crippen LogP contribution is -2.34. The quantitative estimate of drug-likeness (QED) is 0.451. The summed E-state index contributed by atoms with van der Waals surface area (Å²) in [5, 5.41) is 11.3. The molecule has 3 nitrogen and oxygen atoms in total. The summed E-state index contributed by atoms with van der Waals surface area (Å²) < 4.78 is 1.97. The summed E-state index contributed by atoms with van der Waals surface area (Å²) in [6.07, 6.45) is 10.3. The molecule has 0 radical (unpaired) electrons. The van der Waals surface area contributed by atoms with Crippen LogP contribution in [0.15, 0.2) is 0 Å². The summed E-state index contributed by atoms with van der Waals surface area (Å²) in [6, 6.07) is 0. The Kier molecular flexibility index (Phi) is 8.14. The Bertz CT molecular complexity index is 290. The summed E-state index contributed by atoms with van der Waals surface area (Å²) in [4.78, 5) is 10.8. The molecule has 0 aromatic carbocycles. The summed E-state index contributed by atoms with van der Waals surface area (Å²) in [5.41, 5.74) is 0. The Morgan fingerprint density at radius 1 is 1.17 bits per heavy atom. The van der Waals surface area contributed by atoms with Crippen LogP contribution in [0, 0.1) is 0 Å². The molecule has 0 aromatic heterocycles. The summed E-state index contributed by atoms with van der Waals surface area (Å²) in [5.74, 6) is -0.113. The lowest BCUT2D eigenvalue weighted by Gasteiger charge is -2.03. The molecule has 1 aliphatic rings. The third kappa shape index (κ3) is 5.89. The molecule has 0 saturated carbocycles. The van der Waals surface area contributed by atoms with E-state index in [0.29, 0.717) is 5.04 Å². The van der Waals surface area contributed by atoms with Gasteiger partial charge in [-0.3, -0.25) is 0 Å². The van der Waals surface area contributed by atoms with E-state index in [1.165, 1.54) is 56.7 Å². The summed E-state index contributed by atoms with van der Waals surface area (Å²) in [7, 11) is 0. The van der Waals surface area contributed by atoms with E-state index in [1.54, 1.807) is 0 Å². The molecule has 4 heteroatoms. The Morgan fingerprint density at radius 2 is 1.78 bits per heavy atom. The van der Waals surface area contributed by atoms with Crippen molar-refractivity contribution in [3.8, 4) is 0 Å². The molecule has 1 heterocycles. The van der Waals surface area contributed by atoms with Gasteiger partial charge in [0.2, 0.25) is 0 Å². The first kappa shape index (κ1) is 15.5. The van der Waals surface area contributed by atoms with Crippen molar-refractivity contribution < 1.29 is 14.5 Å². The third-order valence-corrected chi connectivity index (χ3v) is 4.43. The maximum absolute atomic E-state index is 10.8. The Morgan fingerprint density at radius 3 is 2.39 bits per heavy atom. The SMILES string of the molecule is CCCCCCCCCC[N+]1=C(C(=O)[O-])SCC1. The molecule has 0 saturated heterocycles. The summed E-state index contributed by atoms with van der Waals surface area (Å²) in [6.45, 7) is 3.98. The molecule has 1 rings (SSSR count). The largest absolute Gasteiger partial charge is 0.539 e. The highest BCUT2D eigenvalue weighted by molar-refractivity contribution is 8.15. The molecule has 0 spiro atoms. The maximum Gasteiger partial charge on any atom is 0.258 e. The van der Waals surface area contributed by atoms with Gasteiger partial charge in [-0.05, 0) is 18.2 Å². The first-order valence-electron chi connectivity index (χ1n) is 7.21. The van der Waals surface area contributed by atoms with Gasteiger partial charge in [0.05, 0.1) is 5.75 Å². The first-order valence-corrected chi connectivity index (χ1v) is 8.20. The van der Waals surface area contributed by atoms with Gasteiger partial charge in [0.15, 0.2) is 6.54 Å². The molecule has 104 valence electrons. The first-order chi connectivity index (χ1) is 8.75. The monoisotopic (exact) mass is 271 g/mol. The topological polar surface area (TPSA) is 43.1 Å². The number of thioether (sulfide) groups is 1. The van der Waals surface area contributed by atoms with Crippen molar-refractivity contribution in [1.29, 1.82) is 0 Å². The third-order valence-electron chi connectivity index (χ3n) is 3.34. The number of unbranched alkanes of at least 4 members (excludes halogenated alkanes) is 7. The van der Waals surface area contributed by atoms with E-state index >= 15 is 0 Å². The van der Waals surface area contributed by atoms with Crippen LogP contribution in [0.25, 0.3) is 0 Å². The molecule has 1 aliphatic heterocycles. The van der Waals surface area contributed by atoms with E-state index in [0.717, 1.165) is 25.3 Å². The number of rotatable bonds is 10. The van der Waals surface area contributed by atoms with Crippen LogP contribution in [-0.2, 0) is 4.79 Å². The van der Waals surface area contributed by atoms with E-state index in [4.69, 9.17) is 0 Å². The second-order valence-corrected chi connectivity index (χ2v) is 5.99. The van der Waals surface area contributed by atoms with Crippen LogP contribution in [-0.4, -0.2) is 34.4 Å². The van der Waals surface area contributed by atoms with E-state index in [1.807, 2.05) is 4.58 Å². The van der Waals surface area contributed by atoms with Gasteiger partial charge in [-0.25, -0.2) is 4.58 Å². The number of aliphatic carboxylic acids is 1. The number of nitrogens with zero attached hydrogens (tertiary/aromatic N) is 1. The lowest BCUT2D eigenvalue weighted by molar-refractivity contribution is -0.519. The standard InChI is InChI=1S/C14H25NO2S/c1-2-3-4-5-6-7-8-9-10-15-11-12-18-13(15)14(16)17/h2-12H2,1H3. The number of carbonyl (C=O) groups excluding carboxylic acids is 1. The minimum Gasteiger partial charge on any atom is -0.539 e. The lowest BCUT2D eigenvalue weighted by atomic mass is 10.1. The van der Waals surface area contributed by atoms with Crippen LogP contribution in [0.3, 0.4) is 0 Å². The van der Waals surface area contributed by atoms with Crippen molar-refractivity contribution in [2.45, 2.75) is 58.3 Å². The zero-order valence-electron chi connectivity index (χ0n) is 11.5. The predicted octanol–water partition coefficient (Wildman–Crippen LogP) is 2.03. The van der Waals surface area contributed by atoms with Crippen molar-refractivity contribution >= 4 is 22.8 Å². The van der Waals surface area contributed by atoms with Gasteiger partial charge < -0.3 is 9.90 Å². The van der Waals surface area contributed by atoms with Crippen molar-refractivity contribution in [1.82, 2.24) is 0 Å². The fourth-order valence-corrected chi connectivity index (χ4v) is 3.27. The van der Waals surface area contributed by atoms with Crippen LogP contribution >= 0.6 is 11.8 Å². The van der Waals surface area contributed by atoms with E-state index in [2.05, 4.69) is 6.92 Å². The highest BCUT2D eigenvalue weighted by Crippen LogP contribution is 2.13. The Balaban J connectivity index is 2.04. The van der Waals surface area contributed by atoms with Crippen molar-refractivity contribution in [2.24, 2.45) is 0 Å². The number of hydrogen-bond acceptors (Lipinski definition) is 3. The average Bonchev–Trinajstić information content (AvgIpc) is 2.81. The van der Waals surface area contributed by atoms with Crippen LogP contribution in [0.1, 0.15) is 58.3 Å². The second-order valence-electron chi connectivity index (χ2n) is 4.90. The smallest absolute Gasteiger partial charge is 0.258 e. The molecule has 0 unspecified atom stereocenters. The van der Waals surface area contributed by atoms with Crippen molar-refractivity contribution in [3.63, 3.8) is 0 Å². The molecular formula is C14H25NO2S. The van der Waals surface area contributed by atoms with Crippen molar-refractivity contribution in [3.05, 3.63) is 0 Å². The fourth-order valence-electron chi connectivity index (χ4n) is 2.28. The zero-order chi connectivity index (χ0) is 13.2. The molecule has 0 aliphatic carbocycles. The number of carboxylic acids is 1. The van der Waals surface area contributed by atoms with Gasteiger partial charge in [-0.1, -0.05) is 45.4 Å². The van der Waals surface area contributed by atoms with Crippen LogP contribution in [0.4, 0.5) is 0 Å². The van der Waals surface area contributed by atoms with E-state index in [-0.39, 0.29) is 0 Å². The second kappa shape index (κ2) is 9.42. The van der Waals surface area contributed by atoms with Gasteiger partial charge in [0, 0.05) is 6.42 Å². The number of carbonyl (C=O) groups is 1. The highest BCUT2D eigenvalue weighted by Gasteiger charge is 2.23. The van der Waals surface area contributed by atoms with E-state index < -0.39 is 5.97 Å². The molecule has 0 bridgehead atoms. The average molecular weight is 271 g/mol. The van der Waals surface area contributed by atoms with Crippen LogP contribution in [0.5, 0.6) is 0 Å². The predicted molar refractivity (Wildman–Crippen MR) is 75.1 cm³/mol. The number of hydrogen-bond donors (Lipinski definition) is 0. The molecule has 0 N–H and O–H groups in total. The van der Waals surface area contributed by atoms with Gasteiger partial charge in [0.25, 0.3) is 5.04 Å². The minimum atomic E-state index is -1.00. The molecule has 0 fully saturated rings. The van der Waals surface area contributed by atoms with Gasteiger partial charge in [0.1, 0.15) is 12.5 Å². The molecule has 0 atom stereocenters. The molecule has 0 amide bonds. The minimum absolute atomic E-state index is 0.443. The molecular weight excluding hydrogens is 246 g/mol. The zero-order valence-corrected chi connectivity index (χ0v) is 12.3. The number of carboxylic acid groups (broad SMARTS) is 1. The maximum atomic E-state index is 10.8. The van der Waals surface area contributed by atoms with Gasteiger partial charge >= 0.3 is 0 Å². The Hall–Kier alpha value is -0.510. The molecule has 18 heavy (non-hydrogen) atoms. The van der Waals surface area contributed by atoms with Gasteiger partial charge in [-0.15, -0.1) is 0 Å². The van der Waals surface area contributed by atoms with Gasteiger partial charge in [-0.2, -0.15) is 0 Å². The Labute approximate surface area is 115 Å². The normalized spacial score (nSPS) is 15.4.